The van der Waals surface area contributed by atoms with Crippen molar-refractivity contribution >= 4 is 44.9 Å². The number of aromatic nitrogens is 1. The minimum atomic E-state index is -0.290. The van der Waals surface area contributed by atoms with E-state index in [0.717, 1.165) is 10.0 Å². The third-order valence-corrected chi connectivity index (χ3v) is 3.33. The maximum Gasteiger partial charge on any atom is 0.255 e. The van der Waals surface area contributed by atoms with Crippen molar-refractivity contribution in [2.45, 2.75) is 6.92 Å². The number of halogens is 2. The van der Waals surface area contributed by atoms with Gasteiger partial charge in [-0.05, 0) is 52.7 Å². The minimum Gasteiger partial charge on any atom is -0.384 e. The Kier molecular flexibility index (Phi) is 4.07. The molecule has 98 valence electrons. The minimum absolute atomic E-state index is 0.188. The number of hydrogen-bond acceptors (Lipinski definition) is 3. The van der Waals surface area contributed by atoms with Crippen LogP contribution in [-0.2, 0) is 0 Å². The van der Waals surface area contributed by atoms with Crippen LogP contribution in [-0.4, -0.2) is 10.9 Å². The topological polar surface area (TPSA) is 68.0 Å². The molecule has 2 aromatic rings. The molecular formula is C13H11BrClN3O. The Morgan fingerprint density at radius 2 is 2.11 bits per heavy atom. The molecule has 3 N–H and O–H groups in total. The van der Waals surface area contributed by atoms with Gasteiger partial charge in [-0.2, -0.15) is 0 Å². The molecule has 6 heteroatoms. The molecule has 1 aromatic heterocycles. The van der Waals surface area contributed by atoms with Gasteiger partial charge in [-0.3, -0.25) is 4.79 Å². The number of nitrogen functional groups attached to an aromatic ring is 1. The number of amides is 1. The molecule has 0 atom stereocenters. The van der Waals surface area contributed by atoms with Gasteiger partial charge in [-0.15, -0.1) is 0 Å². The van der Waals surface area contributed by atoms with Crippen LogP contribution in [0.5, 0.6) is 0 Å². The van der Waals surface area contributed by atoms with E-state index in [4.69, 9.17) is 17.3 Å². The largest absolute Gasteiger partial charge is 0.384 e. The number of aryl methyl sites for hydroxylation is 1. The molecule has 0 spiro atoms. The highest BCUT2D eigenvalue weighted by Crippen LogP contribution is 2.24. The van der Waals surface area contributed by atoms with Gasteiger partial charge < -0.3 is 11.1 Å². The molecular weight excluding hydrogens is 330 g/mol. The number of benzene rings is 1. The average molecular weight is 341 g/mol. The summed E-state index contributed by atoms with van der Waals surface area (Å²) in [6.07, 6.45) is 0. The lowest BCUT2D eigenvalue weighted by Crippen LogP contribution is -2.13. The zero-order valence-electron chi connectivity index (χ0n) is 10.1. The standard InChI is InChI=1S/C13H11BrClN3O/c1-7-2-3-9(14)10(4-7)17-13(19)8-5-11(15)18-12(16)6-8/h2-6H,1H3,(H2,16,18)(H,17,19). The maximum absolute atomic E-state index is 12.1. The number of carbonyl (C=O) groups is 1. The van der Waals surface area contributed by atoms with Gasteiger partial charge in [-0.1, -0.05) is 17.7 Å². The molecule has 0 fully saturated rings. The summed E-state index contributed by atoms with van der Waals surface area (Å²) in [6.45, 7) is 1.95. The fraction of sp³-hybridized carbons (Fsp3) is 0.0769. The summed E-state index contributed by atoms with van der Waals surface area (Å²) in [5, 5.41) is 2.98. The second-order valence-electron chi connectivity index (χ2n) is 4.04. The summed E-state index contributed by atoms with van der Waals surface area (Å²) in [7, 11) is 0. The highest BCUT2D eigenvalue weighted by Gasteiger charge is 2.10. The summed E-state index contributed by atoms with van der Waals surface area (Å²) < 4.78 is 0.805. The van der Waals surface area contributed by atoms with Gasteiger partial charge in [0, 0.05) is 10.0 Å². The van der Waals surface area contributed by atoms with Crippen LogP contribution in [0.1, 0.15) is 15.9 Å². The molecule has 4 nitrogen and oxygen atoms in total. The Morgan fingerprint density at radius 1 is 1.37 bits per heavy atom. The lowest BCUT2D eigenvalue weighted by molar-refractivity contribution is 0.102. The van der Waals surface area contributed by atoms with Crippen molar-refractivity contribution in [3.05, 3.63) is 51.1 Å². The summed E-state index contributed by atoms with van der Waals surface area (Å²) in [4.78, 5) is 15.9. The van der Waals surface area contributed by atoms with E-state index in [1.165, 1.54) is 12.1 Å². The van der Waals surface area contributed by atoms with Crippen molar-refractivity contribution in [1.29, 1.82) is 0 Å². The Hall–Kier alpha value is -1.59. The van der Waals surface area contributed by atoms with Crippen molar-refractivity contribution in [3.8, 4) is 0 Å². The van der Waals surface area contributed by atoms with E-state index in [-0.39, 0.29) is 16.9 Å². The molecule has 0 unspecified atom stereocenters. The van der Waals surface area contributed by atoms with E-state index in [1.54, 1.807) is 0 Å². The smallest absolute Gasteiger partial charge is 0.255 e. The van der Waals surface area contributed by atoms with Crippen molar-refractivity contribution in [2.24, 2.45) is 0 Å². The molecule has 0 radical (unpaired) electrons. The van der Waals surface area contributed by atoms with Crippen molar-refractivity contribution < 1.29 is 4.79 Å². The lowest BCUT2D eigenvalue weighted by atomic mass is 10.2. The highest BCUT2D eigenvalue weighted by molar-refractivity contribution is 9.10. The molecule has 0 aliphatic rings. The van der Waals surface area contributed by atoms with Crippen LogP contribution in [0.4, 0.5) is 11.5 Å². The highest BCUT2D eigenvalue weighted by atomic mass is 79.9. The molecule has 0 aliphatic carbocycles. The molecule has 0 saturated heterocycles. The number of anilines is 2. The Balaban J connectivity index is 2.28. The number of nitrogens with two attached hydrogens (primary N) is 1. The van der Waals surface area contributed by atoms with E-state index in [9.17, 15) is 4.79 Å². The number of hydrogen-bond donors (Lipinski definition) is 2. The zero-order chi connectivity index (χ0) is 14.0. The normalized spacial score (nSPS) is 10.3. The molecule has 0 bridgehead atoms. The maximum atomic E-state index is 12.1. The molecule has 2 rings (SSSR count). The van der Waals surface area contributed by atoms with Crippen LogP contribution in [0.2, 0.25) is 5.15 Å². The number of carbonyl (C=O) groups excluding carboxylic acids is 1. The van der Waals surface area contributed by atoms with Crippen LogP contribution >= 0.6 is 27.5 Å². The third-order valence-electron chi connectivity index (χ3n) is 2.45. The average Bonchev–Trinajstić information content (AvgIpc) is 2.32. The first-order valence-electron chi connectivity index (χ1n) is 5.46. The number of nitrogens with zero attached hydrogens (tertiary/aromatic N) is 1. The van der Waals surface area contributed by atoms with E-state index in [2.05, 4.69) is 26.2 Å². The van der Waals surface area contributed by atoms with Gasteiger partial charge in [0.25, 0.3) is 5.91 Å². The van der Waals surface area contributed by atoms with Crippen molar-refractivity contribution in [3.63, 3.8) is 0 Å². The second kappa shape index (κ2) is 5.59. The Bertz CT molecular complexity index is 626. The predicted molar refractivity (Wildman–Crippen MR) is 80.5 cm³/mol. The summed E-state index contributed by atoms with van der Waals surface area (Å²) in [5.74, 6) is -0.0803. The van der Waals surface area contributed by atoms with E-state index < -0.39 is 0 Å². The van der Waals surface area contributed by atoms with Crippen molar-refractivity contribution in [1.82, 2.24) is 4.98 Å². The van der Waals surface area contributed by atoms with Gasteiger partial charge in [0.1, 0.15) is 11.0 Å². The van der Waals surface area contributed by atoms with Crippen LogP contribution < -0.4 is 11.1 Å². The number of nitrogens with one attached hydrogen (secondary N) is 1. The monoisotopic (exact) mass is 339 g/mol. The van der Waals surface area contributed by atoms with Gasteiger partial charge in [0.15, 0.2) is 0 Å². The summed E-state index contributed by atoms with van der Waals surface area (Å²) in [6, 6.07) is 8.63. The van der Waals surface area contributed by atoms with Crippen molar-refractivity contribution in [2.75, 3.05) is 11.1 Å². The van der Waals surface area contributed by atoms with Crippen LogP contribution in [0.15, 0.2) is 34.8 Å². The zero-order valence-corrected chi connectivity index (χ0v) is 12.4. The number of pyridine rings is 1. The third kappa shape index (κ3) is 3.45. The van der Waals surface area contributed by atoms with Crippen LogP contribution in [0.25, 0.3) is 0 Å². The first-order chi connectivity index (χ1) is 8.95. The fourth-order valence-corrected chi connectivity index (χ4v) is 2.14. The molecule has 1 amide bonds. The van der Waals surface area contributed by atoms with Gasteiger partial charge in [-0.25, -0.2) is 4.98 Å². The molecule has 19 heavy (non-hydrogen) atoms. The van der Waals surface area contributed by atoms with E-state index in [0.29, 0.717) is 11.3 Å². The Labute approximate surface area is 124 Å². The summed E-state index contributed by atoms with van der Waals surface area (Å²) in [5.41, 5.74) is 7.66. The first-order valence-corrected chi connectivity index (χ1v) is 6.63. The van der Waals surface area contributed by atoms with Gasteiger partial charge >= 0.3 is 0 Å². The lowest BCUT2D eigenvalue weighted by Gasteiger charge is -2.09. The fourth-order valence-electron chi connectivity index (χ4n) is 1.58. The van der Waals surface area contributed by atoms with E-state index >= 15 is 0 Å². The first kappa shape index (κ1) is 13.8. The number of rotatable bonds is 2. The quantitative estimate of drug-likeness (QED) is 0.820. The SMILES string of the molecule is Cc1ccc(Br)c(NC(=O)c2cc(N)nc(Cl)c2)c1. The van der Waals surface area contributed by atoms with Gasteiger partial charge in [0.2, 0.25) is 0 Å². The summed E-state index contributed by atoms with van der Waals surface area (Å²) >= 11 is 9.16. The van der Waals surface area contributed by atoms with Crippen LogP contribution in [0.3, 0.4) is 0 Å². The molecule has 1 aromatic carbocycles. The molecule has 0 saturated carbocycles. The van der Waals surface area contributed by atoms with Crippen LogP contribution in [0, 0.1) is 6.92 Å². The molecule has 1 heterocycles. The second-order valence-corrected chi connectivity index (χ2v) is 5.28. The predicted octanol–water partition coefficient (Wildman–Crippen LogP) is 3.64. The molecule has 0 aliphatic heterocycles. The Morgan fingerprint density at radius 3 is 2.79 bits per heavy atom. The van der Waals surface area contributed by atoms with Gasteiger partial charge in [0.05, 0.1) is 5.69 Å². The van der Waals surface area contributed by atoms with E-state index in [1.807, 2.05) is 25.1 Å².